The van der Waals surface area contributed by atoms with Gasteiger partial charge in [0.1, 0.15) is 6.04 Å². The maximum absolute atomic E-state index is 11.9. The zero-order chi connectivity index (χ0) is 16.3. The molecule has 0 aliphatic carbocycles. The van der Waals surface area contributed by atoms with E-state index in [9.17, 15) is 9.59 Å². The Kier molecular flexibility index (Phi) is 7.28. The van der Waals surface area contributed by atoms with Crippen LogP contribution in [0.3, 0.4) is 0 Å². The lowest BCUT2D eigenvalue weighted by Gasteiger charge is -2.38. The van der Waals surface area contributed by atoms with E-state index < -0.39 is 18.0 Å². The lowest BCUT2D eigenvalue weighted by Crippen LogP contribution is -2.54. The van der Waals surface area contributed by atoms with Crippen molar-refractivity contribution in [1.82, 2.24) is 9.80 Å². The summed E-state index contributed by atoms with van der Waals surface area (Å²) in [6.45, 7) is 3.91. The van der Waals surface area contributed by atoms with Gasteiger partial charge in [0.2, 0.25) is 11.8 Å². The van der Waals surface area contributed by atoms with Crippen molar-refractivity contribution < 1.29 is 9.59 Å². The van der Waals surface area contributed by atoms with E-state index in [4.69, 9.17) is 23.1 Å². The molecule has 0 aromatic heterocycles. The highest BCUT2D eigenvalue weighted by Crippen LogP contribution is 2.23. The average Bonchev–Trinajstić information content (AvgIpc) is 2.49. The molecule has 1 heterocycles. The number of carbonyl (C=O) groups excluding carboxylic acids is 2. The molecule has 1 unspecified atom stereocenters. The van der Waals surface area contributed by atoms with Crippen LogP contribution in [0.15, 0.2) is 24.3 Å². The molecule has 6 nitrogen and oxygen atoms in total. The van der Waals surface area contributed by atoms with Crippen LogP contribution >= 0.6 is 24.0 Å². The van der Waals surface area contributed by atoms with Crippen LogP contribution in [0.25, 0.3) is 0 Å². The van der Waals surface area contributed by atoms with E-state index in [2.05, 4.69) is 0 Å². The van der Waals surface area contributed by atoms with Gasteiger partial charge in [0, 0.05) is 31.2 Å². The minimum absolute atomic E-state index is 0. The predicted octanol–water partition coefficient (Wildman–Crippen LogP) is 0.780. The van der Waals surface area contributed by atoms with Crippen molar-refractivity contribution in [3.63, 3.8) is 0 Å². The number of halogens is 2. The Hall–Kier alpha value is -1.34. The largest absolute Gasteiger partial charge is 0.368 e. The molecule has 2 rings (SSSR count). The molecule has 8 heteroatoms. The Morgan fingerprint density at radius 2 is 1.65 bits per heavy atom. The molecular weight excluding hydrogens is 339 g/mol. The molecule has 0 saturated carbocycles. The number of nitrogens with zero attached hydrogens (tertiary/aromatic N) is 2. The van der Waals surface area contributed by atoms with Gasteiger partial charge in [-0.3, -0.25) is 14.5 Å². The Labute approximate surface area is 147 Å². The Morgan fingerprint density at radius 3 is 2.09 bits per heavy atom. The summed E-state index contributed by atoms with van der Waals surface area (Å²) < 4.78 is 0. The number of amides is 2. The van der Waals surface area contributed by atoms with Crippen molar-refractivity contribution in [3.8, 4) is 0 Å². The minimum Gasteiger partial charge on any atom is -0.368 e. The van der Waals surface area contributed by atoms with Crippen LogP contribution in [0.4, 0.5) is 0 Å². The van der Waals surface area contributed by atoms with Gasteiger partial charge in [-0.05, 0) is 24.6 Å². The van der Waals surface area contributed by atoms with Crippen LogP contribution in [0, 0.1) is 0 Å². The average molecular weight is 361 g/mol. The normalized spacial score (nSPS) is 18.0. The fourth-order valence-electron chi connectivity index (χ4n) is 2.69. The number of piperazine rings is 1. The first-order chi connectivity index (χ1) is 10.4. The van der Waals surface area contributed by atoms with Crippen molar-refractivity contribution in [2.75, 3.05) is 26.2 Å². The maximum atomic E-state index is 11.9. The first-order valence-corrected chi connectivity index (χ1v) is 7.61. The standard InChI is InChI=1S/C15H21ClN4O2.ClH/c1-10(17)15(22)20-8-6-19(7-9-20)13(14(18)21)11-2-4-12(16)5-3-11;/h2-5,10,13H,6-9,17H2,1H3,(H2,18,21);1H/t10-,13?;/m1./s1. The van der Waals surface area contributed by atoms with E-state index in [1.165, 1.54) is 0 Å². The zero-order valence-corrected chi connectivity index (χ0v) is 14.5. The number of rotatable bonds is 4. The van der Waals surface area contributed by atoms with Crippen LogP contribution in [0.2, 0.25) is 5.02 Å². The summed E-state index contributed by atoms with van der Waals surface area (Å²) in [7, 11) is 0. The third-order valence-corrected chi connectivity index (χ3v) is 4.09. The molecule has 2 amide bonds. The summed E-state index contributed by atoms with van der Waals surface area (Å²) in [4.78, 5) is 27.5. The number of benzene rings is 1. The van der Waals surface area contributed by atoms with E-state index >= 15 is 0 Å². The second-order valence-electron chi connectivity index (χ2n) is 5.51. The van der Waals surface area contributed by atoms with Crippen molar-refractivity contribution in [1.29, 1.82) is 0 Å². The van der Waals surface area contributed by atoms with Crippen molar-refractivity contribution in [2.24, 2.45) is 11.5 Å². The van der Waals surface area contributed by atoms with Gasteiger partial charge in [-0.15, -0.1) is 12.4 Å². The van der Waals surface area contributed by atoms with Crippen LogP contribution in [0.1, 0.15) is 18.5 Å². The summed E-state index contributed by atoms with van der Waals surface area (Å²) in [5.74, 6) is -0.476. The zero-order valence-electron chi connectivity index (χ0n) is 12.9. The van der Waals surface area contributed by atoms with Crippen LogP contribution in [0.5, 0.6) is 0 Å². The summed E-state index contributed by atoms with van der Waals surface area (Å²) in [6, 6.07) is 6.07. The molecule has 0 radical (unpaired) electrons. The van der Waals surface area contributed by atoms with Gasteiger partial charge < -0.3 is 16.4 Å². The van der Waals surface area contributed by atoms with E-state index in [1.54, 1.807) is 36.1 Å². The lowest BCUT2D eigenvalue weighted by molar-refractivity contribution is -0.135. The lowest BCUT2D eigenvalue weighted by atomic mass is 10.0. The molecule has 4 N–H and O–H groups in total. The molecule has 1 fully saturated rings. The molecule has 1 aromatic rings. The molecule has 23 heavy (non-hydrogen) atoms. The van der Waals surface area contributed by atoms with Crippen LogP contribution in [-0.4, -0.2) is 53.8 Å². The first kappa shape index (κ1) is 19.7. The summed E-state index contributed by atoms with van der Waals surface area (Å²) in [5, 5.41) is 0.610. The number of carbonyl (C=O) groups is 2. The third-order valence-electron chi connectivity index (χ3n) is 3.84. The Morgan fingerprint density at radius 1 is 1.13 bits per heavy atom. The van der Waals surface area contributed by atoms with Gasteiger partial charge in [0.25, 0.3) is 0 Å². The first-order valence-electron chi connectivity index (χ1n) is 7.23. The molecule has 2 atom stereocenters. The van der Waals surface area contributed by atoms with Crippen LogP contribution < -0.4 is 11.5 Å². The van der Waals surface area contributed by atoms with Crippen molar-refractivity contribution in [3.05, 3.63) is 34.9 Å². The van der Waals surface area contributed by atoms with Gasteiger partial charge in [-0.25, -0.2) is 0 Å². The predicted molar refractivity (Wildman–Crippen MR) is 92.4 cm³/mol. The number of primary amides is 1. The Bertz CT molecular complexity index is 543. The summed E-state index contributed by atoms with van der Waals surface area (Å²) >= 11 is 5.88. The van der Waals surface area contributed by atoms with Gasteiger partial charge in [-0.1, -0.05) is 23.7 Å². The van der Waals surface area contributed by atoms with E-state index in [-0.39, 0.29) is 18.3 Å². The molecule has 1 aliphatic heterocycles. The minimum atomic E-state index is -0.509. The van der Waals surface area contributed by atoms with Gasteiger partial charge in [-0.2, -0.15) is 0 Å². The summed E-state index contributed by atoms with van der Waals surface area (Å²) in [5.41, 5.74) is 12.0. The molecular formula is C15H22Cl2N4O2. The fourth-order valence-corrected chi connectivity index (χ4v) is 2.81. The molecule has 0 bridgehead atoms. The quantitative estimate of drug-likeness (QED) is 0.829. The van der Waals surface area contributed by atoms with E-state index in [1.807, 2.05) is 4.90 Å². The monoisotopic (exact) mass is 360 g/mol. The molecule has 0 spiro atoms. The van der Waals surface area contributed by atoms with Gasteiger partial charge in [0.15, 0.2) is 0 Å². The second-order valence-corrected chi connectivity index (χ2v) is 5.94. The Balaban J connectivity index is 0.00000264. The smallest absolute Gasteiger partial charge is 0.239 e. The summed E-state index contributed by atoms with van der Waals surface area (Å²) in [6.07, 6.45) is 0. The third kappa shape index (κ3) is 4.81. The number of hydrogen-bond donors (Lipinski definition) is 2. The number of nitrogens with two attached hydrogens (primary N) is 2. The highest BCUT2D eigenvalue weighted by atomic mass is 35.5. The van der Waals surface area contributed by atoms with Crippen LogP contribution in [-0.2, 0) is 9.59 Å². The van der Waals surface area contributed by atoms with E-state index in [0.29, 0.717) is 31.2 Å². The van der Waals surface area contributed by atoms with Gasteiger partial charge >= 0.3 is 0 Å². The van der Waals surface area contributed by atoms with Crippen molar-refractivity contribution >= 4 is 35.8 Å². The second kappa shape index (κ2) is 8.49. The highest BCUT2D eigenvalue weighted by Gasteiger charge is 2.30. The SMILES string of the molecule is C[C@@H](N)C(=O)N1CCN(C(C(N)=O)c2ccc(Cl)cc2)CC1.Cl. The topological polar surface area (TPSA) is 92.7 Å². The molecule has 1 saturated heterocycles. The molecule has 128 valence electrons. The molecule has 1 aliphatic rings. The molecule has 1 aromatic carbocycles. The highest BCUT2D eigenvalue weighted by molar-refractivity contribution is 6.30. The van der Waals surface area contributed by atoms with Gasteiger partial charge in [0.05, 0.1) is 6.04 Å². The van der Waals surface area contributed by atoms with Crippen molar-refractivity contribution in [2.45, 2.75) is 19.0 Å². The number of hydrogen-bond acceptors (Lipinski definition) is 4. The fraction of sp³-hybridized carbons (Fsp3) is 0.467. The maximum Gasteiger partial charge on any atom is 0.239 e. The van der Waals surface area contributed by atoms with E-state index in [0.717, 1.165) is 5.56 Å².